The van der Waals surface area contributed by atoms with Gasteiger partial charge in [-0.15, -0.1) is 0 Å². The van der Waals surface area contributed by atoms with Crippen molar-refractivity contribution in [1.29, 1.82) is 0 Å². The second kappa shape index (κ2) is 5.57. The van der Waals surface area contributed by atoms with E-state index in [0.717, 1.165) is 22.5 Å². The molecule has 3 rings (SSSR count). The summed E-state index contributed by atoms with van der Waals surface area (Å²) >= 11 is 0. The third kappa shape index (κ3) is 2.85. The van der Waals surface area contributed by atoms with E-state index < -0.39 is 0 Å². The van der Waals surface area contributed by atoms with Gasteiger partial charge < -0.3 is 10.3 Å². The Morgan fingerprint density at radius 3 is 2.40 bits per heavy atom. The number of imidazole rings is 1. The van der Waals surface area contributed by atoms with E-state index in [4.69, 9.17) is 0 Å². The van der Waals surface area contributed by atoms with E-state index in [-0.39, 0.29) is 5.82 Å². The molecule has 0 saturated carbocycles. The molecule has 0 amide bonds. The summed E-state index contributed by atoms with van der Waals surface area (Å²) in [7, 11) is 0. The van der Waals surface area contributed by atoms with Gasteiger partial charge in [-0.25, -0.2) is 9.37 Å². The van der Waals surface area contributed by atoms with Crippen molar-refractivity contribution in [2.24, 2.45) is 0 Å². The Kier molecular flexibility index (Phi) is 3.46. The van der Waals surface area contributed by atoms with Crippen LogP contribution in [0.3, 0.4) is 0 Å². The van der Waals surface area contributed by atoms with Gasteiger partial charge in [0.2, 0.25) is 0 Å². The van der Waals surface area contributed by atoms with Crippen LogP contribution in [0.15, 0.2) is 61.1 Å². The highest BCUT2D eigenvalue weighted by molar-refractivity contribution is 5.61. The van der Waals surface area contributed by atoms with E-state index in [0.29, 0.717) is 6.54 Å². The molecule has 3 aromatic rings. The van der Waals surface area contributed by atoms with Crippen LogP contribution in [0.2, 0.25) is 0 Å². The van der Waals surface area contributed by atoms with Crippen molar-refractivity contribution in [3.63, 3.8) is 0 Å². The largest absolute Gasteiger partial charge is 0.381 e. The Morgan fingerprint density at radius 1 is 1.00 bits per heavy atom. The number of aromatic amines is 1. The average molecular weight is 267 g/mol. The van der Waals surface area contributed by atoms with Gasteiger partial charge in [0.25, 0.3) is 0 Å². The molecule has 0 aliphatic heterocycles. The first kappa shape index (κ1) is 12.4. The Labute approximate surface area is 116 Å². The van der Waals surface area contributed by atoms with Crippen LogP contribution in [0.1, 0.15) is 5.56 Å². The van der Waals surface area contributed by atoms with Crippen molar-refractivity contribution in [2.45, 2.75) is 6.54 Å². The zero-order valence-electron chi connectivity index (χ0n) is 10.8. The third-order valence-corrected chi connectivity index (χ3v) is 3.10. The van der Waals surface area contributed by atoms with Crippen LogP contribution in [0.25, 0.3) is 11.3 Å². The molecule has 0 spiro atoms. The number of H-pyrrole nitrogens is 1. The highest BCUT2D eigenvalue weighted by atomic mass is 19.1. The molecular weight excluding hydrogens is 253 g/mol. The van der Waals surface area contributed by atoms with Gasteiger partial charge in [-0.3, -0.25) is 0 Å². The zero-order valence-corrected chi connectivity index (χ0v) is 10.8. The predicted molar refractivity (Wildman–Crippen MR) is 77.8 cm³/mol. The third-order valence-electron chi connectivity index (χ3n) is 3.10. The number of halogens is 1. The number of anilines is 1. The first-order valence-corrected chi connectivity index (χ1v) is 6.38. The summed E-state index contributed by atoms with van der Waals surface area (Å²) in [5, 5.41) is 3.30. The first-order chi connectivity index (χ1) is 9.81. The minimum absolute atomic E-state index is 0.210. The van der Waals surface area contributed by atoms with Gasteiger partial charge in [0.15, 0.2) is 0 Å². The molecule has 2 aromatic carbocycles. The lowest BCUT2D eigenvalue weighted by atomic mass is 10.1. The summed E-state index contributed by atoms with van der Waals surface area (Å²) in [5.41, 5.74) is 4.16. The Bertz CT molecular complexity index is 658. The van der Waals surface area contributed by atoms with Gasteiger partial charge in [-0.1, -0.05) is 24.3 Å². The van der Waals surface area contributed by atoms with Crippen molar-refractivity contribution in [1.82, 2.24) is 9.97 Å². The summed E-state index contributed by atoms with van der Waals surface area (Å²) in [6.07, 6.45) is 3.46. The molecule has 1 heterocycles. The average Bonchev–Trinajstić information content (AvgIpc) is 3.01. The Morgan fingerprint density at radius 2 is 1.75 bits per heavy atom. The van der Waals surface area contributed by atoms with Crippen LogP contribution in [0.4, 0.5) is 10.1 Å². The number of hydrogen-bond donors (Lipinski definition) is 2. The maximum atomic E-state index is 12.8. The molecule has 2 N–H and O–H groups in total. The molecule has 3 nitrogen and oxygen atoms in total. The van der Waals surface area contributed by atoms with Gasteiger partial charge in [-0.2, -0.15) is 0 Å². The molecule has 0 unspecified atom stereocenters. The number of benzene rings is 2. The van der Waals surface area contributed by atoms with Crippen LogP contribution >= 0.6 is 0 Å². The number of nitrogens with one attached hydrogen (secondary N) is 2. The lowest BCUT2D eigenvalue weighted by Gasteiger charge is -2.07. The van der Waals surface area contributed by atoms with Gasteiger partial charge in [0.1, 0.15) is 5.82 Å². The van der Waals surface area contributed by atoms with Crippen LogP contribution in [0.5, 0.6) is 0 Å². The quantitative estimate of drug-likeness (QED) is 0.754. The molecule has 0 radical (unpaired) electrons. The minimum atomic E-state index is -0.210. The van der Waals surface area contributed by atoms with Gasteiger partial charge >= 0.3 is 0 Å². The Balaban J connectivity index is 1.65. The highest BCUT2D eigenvalue weighted by Crippen LogP contribution is 2.19. The minimum Gasteiger partial charge on any atom is -0.381 e. The van der Waals surface area contributed by atoms with Crippen molar-refractivity contribution < 1.29 is 4.39 Å². The smallest absolute Gasteiger partial charge is 0.123 e. The molecule has 0 bridgehead atoms. The highest BCUT2D eigenvalue weighted by Gasteiger charge is 1.99. The van der Waals surface area contributed by atoms with Crippen LogP contribution in [-0.2, 0) is 6.54 Å². The van der Waals surface area contributed by atoms with Crippen molar-refractivity contribution in [2.75, 3.05) is 5.32 Å². The normalized spacial score (nSPS) is 10.4. The maximum Gasteiger partial charge on any atom is 0.123 e. The monoisotopic (exact) mass is 267 g/mol. The number of aromatic nitrogens is 2. The molecular formula is C16H14FN3. The molecule has 0 fully saturated rings. The molecule has 20 heavy (non-hydrogen) atoms. The lowest BCUT2D eigenvalue weighted by Crippen LogP contribution is -1.99. The number of hydrogen-bond acceptors (Lipinski definition) is 2. The number of nitrogens with zero attached hydrogens (tertiary/aromatic N) is 1. The van der Waals surface area contributed by atoms with E-state index in [2.05, 4.69) is 15.3 Å². The van der Waals surface area contributed by atoms with E-state index in [1.807, 2.05) is 24.3 Å². The molecule has 0 saturated heterocycles. The number of rotatable bonds is 4. The van der Waals surface area contributed by atoms with E-state index in [1.54, 1.807) is 24.7 Å². The fourth-order valence-electron chi connectivity index (χ4n) is 1.99. The summed E-state index contributed by atoms with van der Waals surface area (Å²) in [4.78, 5) is 7.07. The van der Waals surface area contributed by atoms with Crippen LogP contribution < -0.4 is 5.32 Å². The predicted octanol–water partition coefficient (Wildman–Crippen LogP) is 3.83. The van der Waals surface area contributed by atoms with E-state index in [9.17, 15) is 4.39 Å². The fourth-order valence-corrected chi connectivity index (χ4v) is 1.99. The summed E-state index contributed by atoms with van der Waals surface area (Å²) < 4.78 is 12.8. The van der Waals surface area contributed by atoms with Crippen LogP contribution in [0, 0.1) is 5.82 Å². The second-order valence-corrected chi connectivity index (χ2v) is 4.52. The first-order valence-electron chi connectivity index (χ1n) is 6.38. The van der Waals surface area contributed by atoms with Crippen molar-refractivity contribution in [3.8, 4) is 11.3 Å². The Hall–Kier alpha value is -2.62. The van der Waals surface area contributed by atoms with Crippen molar-refractivity contribution >= 4 is 5.69 Å². The van der Waals surface area contributed by atoms with Gasteiger partial charge in [0.05, 0.1) is 18.2 Å². The second-order valence-electron chi connectivity index (χ2n) is 4.52. The van der Waals surface area contributed by atoms with E-state index in [1.165, 1.54) is 12.1 Å². The summed E-state index contributed by atoms with van der Waals surface area (Å²) in [6, 6.07) is 14.6. The maximum absolute atomic E-state index is 12.8. The molecule has 4 heteroatoms. The molecule has 1 aromatic heterocycles. The zero-order chi connectivity index (χ0) is 13.8. The SMILES string of the molecule is Fc1ccc(CNc2ccc(-c3cnc[nH]3)cc2)cc1. The topological polar surface area (TPSA) is 40.7 Å². The fraction of sp³-hybridized carbons (Fsp3) is 0.0625. The van der Waals surface area contributed by atoms with Crippen molar-refractivity contribution in [3.05, 3.63) is 72.4 Å². The van der Waals surface area contributed by atoms with Gasteiger partial charge in [-0.05, 0) is 35.4 Å². The molecule has 0 aliphatic carbocycles. The van der Waals surface area contributed by atoms with Gasteiger partial charge in [0, 0.05) is 12.2 Å². The lowest BCUT2D eigenvalue weighted by molar-refractivity contribution is 0.627. The summed E-state index contributed by atoms with van der Waals surface area (Å²) in [5.74, 6) is -0.210. The summed E-state index contributed by atoms with van der Waals surface area (Å²) in [6.45, 7) is 0.670. The molecule has 100 valence electrons. The standard InChI is InChI=1S/C16H14FN3/c17-14-5-1-12(2-6-14)9-19-15-7-3-13(4-8-15)16-10-18-11-20-16/h1-8,10-11,19H,9H2,(H,18,20). The molecule has 0 aliphatic rings. The molecule has 0 atom stereocenters. The van der Waals surface area contributed by atoms with E-state index >= 15 is 0 Å². The van der Waals surface area contributed by atoms with Crippen LogP contribution in [-0.4, -0.2) is 9.97 Å².